The molecule has 4 rings (SSSR count). The van der Waals surface area contributed by atoms with E-state index in [1.165, 1.54) is 17.7 Å². The topological polar surface area (TPSA) is 23.6 Å². The van der Waals surface area contributed by atoms with Crippen molar-refractivity contribution >= 4 is 17.7 Å². The molecule has 2 aliphatic heterocycles. The summed E-state index contributed by atoms with van der Waals surface area (Å²) in [6, 6.07) is 17.4. The van der Waals surface area contributed by atoms with Crippen LogP contribution in [0.4, 0.5) is 4.39 Å². The van der Waals surface area contributed by atoms with Crippen molar-refractivity contribution in [2.75, 3.05) is 18.8 Å². The summed E-state index contributed by atoms with van der Waals surface area (Å²) in [6.07, 6.45) is 1.99. The zero-order valence-electron chi connectivity index (χ0n) is 14.7. The number of hydrogen-bond acceptors (Lipinski definition) is 3. The highest BCUT2D eigenvalue weighted by Crippen LogP contribution is 2.41. The number of amides is 1. The first-order chi connectivity index (χ1) is 12.7. The van der Waals surface area contributed by atoms with Crippen LogP contribution in [0.25, 0.3) is 0 Å². The third kappa shape index (κ3) is 3.79. The summed E-state index contributed by atoms with van der Waals surface area (Å²) < 4.78 is 13.2. The Kier molecular flexibility index (Phi) is 5.27. The molecule has 2 heterocycles. The molecule has 2 aromatic carbocycles. The van der Waals surface area contributed by atoms with Gasteiger partial charge in [0.05, 0.1) is 5.75 Å². The zero-order valence-corrected chi connectivity index (χ0v) is 15.5. The van der Waals surface area contributed by atoms with E-state index >= 15 is 0 Å². The third-order valence-corrected chi connectivity index (χ3v) is 6.49. The molecule has 0 aromatic heterocycles. The SMILES string of the molecule is O=C1CSC(c2ccc(F)cc2)N1C1CCN(Cc2ccccc2)CC1. The van der Waals surface area contributed by atoms with Gasteiger partial charge in [-0.25, -0.2) is 4.39 Å². The Bertz CT molecular complexity index is 744. The van der Waals surface area contributed by atoms with E-state index in [2.05, 4.69) is 34.1 Å². The Balaban J connectivity index is 1.40. The van der Waals surface area contributed by atoms with Gasteiger partial charge in [0.1, 0.15) is 11.2 Å². The number of hydrogen-bond donors (Lipinski definition) is 0. The molecule has 0 radical (unpaired) electrons. The molecule has 0 spiro atoms. The highest BCUT2D eigenvalue weighted by atomic mass is 32.2. The van der Waals surface area contributed by atoms with Crippen molar-refractivity contribution in [1.29, 1.82) is 0 Å². The number of halogens is 1. The van der Waals surface area contributed by atoms with Crippen molar-refractivity contribution in [1.82, 2.24) is 9.80 Å². The average molecular weight is 370 g/mol. The summed E-state index contributed by atoms with van der Waals surface area (Å²) in [5.41, 5.74) is 2.36. The van der Waals surface area contributed by atoms with E-state index in [0.717, 1.165) is 38.0 Å². The lowest BCUT2D eigenvalue weighted by molar-refractivity contribution is -0.131. The molecular formula is C21H23FN2OS. The average Bonchev–Trinajstić information content (AvgIpc) is 3.05. The van der Waals surface area contributed by atoms with Gasteiger partial charge in [-0.15, -0.1) is 11.8 Å². The molecule has 0 N–H and O–H groups in total. The van der Waals surface area contributed by atoms with Crippen LogP contribution in [0, 0.1) is 5.82 Å². The van der Waals surface area contributed by atoms with E-state index in [1.54, 1.807) is 11.8 Å². The van der Waals surface area contributed by atoms with E-state index in [0.29, 0.717) is 5.75 Å². The van der Waals surface area contributed by atoms with Crippen LogP contribution in [0.2, 0.25) is 0 Å². The summed E-state index contributed by atoms with van der Waals surface area (Å²) in [4.78, 5) is 17.0. The maximum atomic E-state index is 13.2. The largest absolute Gasteiger partial charge is 0.323 e. The molecule has 1 amide bonds. The number of carbonyl (C=O) groups excluding carboxylic acids is 1. The lowest BCUT2D eigenvalue weighted by atomic mass is 10.0. The molecule has 0 bridgehead atoms. The van der Waals surface area contributed by atoms with Gasteiger partial charge in [0.15, 0.2) is 0 Å². The van der Waals surface area contributed by atoms with E-state index in [9.17, 15) is 9.18 Å². The quantitative estimate of drug-likeness (QED) is 0.811. The van der Waals surface area contributed by atoms with Crippen LogP contribution in [-0.2, 0) is 11.3 Å². The van der Waals surface area contributed by atoms with E-state index in [1.807, 2.05) is 18.2 Å². The highest BCUT2D eigenvalue weighted by Gasteiger charge is 2.38. The number of thioether (sulfide) groups is 1. The maximum absolute atomic E-state index is 13.2. The predicted molar refractivity (Wildman–Crippen MR) is 103 cm³/mol. The summed E-state index contributed by atoms with van der Waals surface area (Å²) in [5.74, 6) is 0.501. The van der Waals surface area contributed by atoms with Crippen LogP contribution in [0.3, 0.4) is 0 Å². The van der Waals surface area contributed by atoms with Gasteiger partial charge in [0.25, 0.3) is 0 Å². The second-order valence-electron chi connectivity index (χ2n) is 7.01. The minimum absolute atomic E-state index is 0.0220. The van der Waals surface area contributed by atoms with Gasteiger partial charge in [-0.2, -0.15) is 0 Å². The monoisotopic (exact) mass is 370 g/mol. The minimum atomic E-state index is -0.233. The molecule has 136 valence electrons. The number of likely N-dealkylation sites (tertiary alicyclic amines) is 1. The van der Waals surface area contributed by atoms with Gasteiger partial charge in [-0.05, 0) is 36.1 Å². The molecule has 1 unspecified atom stereocenters. The zero-order chi connectivity index (χ0) is 17.9. The fraction of sp³-hybridized carbons (Fsp3) is 0.381. The molecule has 3 nitrogen and oxygen atoms in total. The molecule has 1 atom stereocenters. The summed E-state index contributed by atoms with van der Waals surface area (Å²) >= 11 is 1.65. The normalized spacial score (nSPS) is 22.1. The van der Waals surface area contributed by atoms with Crippen molar-refractivity contribution in [2.45, 2.75) is 30.8 Å². The number of carbonyl (C=O) groups is 1. The van der Waals surface area contributed by atoms with E-state index in [-0.39, 0.29) is 23.1 Å². The van der Waals surface area contributed by atoms with Crippen molar-refractivity contribution < 1.29 is 9.18 Å². The van der Waals surface area contributed by atoms with Gasteiger partial charge in [-0.1, -0.05) is 42.5 Å². The van der Waals surface area contributed by atoms with E-state index < -0.39 is 0 Å². The molecule has 0 saturated carbocycles. The van der Waals surface area contributed by atoms with Crippen LogP contribution >= 0.6 is 11.8 Å². The van der Waals surface area contributed by atoms with Crippen LogP contribution in [0.1, 0.15) is 29.3 Å². The van der Waals surface area contributed by atoms with Gasteiger partial charge in [-0.3, -0.25) is 9.69 Å². The van der Waals surface area contributed by atoms with Crippen molar-refractivity contribution in [3.8, 4) is 0 Å². The first kappa shape index (κ1) is 17.6. The third-order valence-electron chi connectivity index (χ3n) is 5.26. The Hall–Kier alpha value is -1.85. The van der Waals surface area contributed by atoms with Crippen molar-refractivity contribution in [3.63, 3.8) is 0 Å². The molecule has 2 aromatic rings. The first-order valence-electron chi connectivity index (χ1n) is 9.15. The predicted octanol–water partition coefficient (Wildman–Crippen LogP) is 4.06. The van der Waals surface area contributed by atoms with Crippen LogP contribution in [-0.4, -0.2) is 40.6 Å². The molecule has 2 fully saturated rings. The molecular weight excluding hydrogens is 347 g/mol. The second kappa shape index (κ2) is 7.80. The van der Waals surface area contributed by atoms with Crippen LogP contribution in [0.15, 0.2) is 54.6 Å². The summed E-state index contributed by atoms with van der Waals surface area (Å²) in [7, 11) is 0. The van der Waals surface area contributed by atoms with Crippen molar-refractivity contribution in [2.24, 2.45) is 0 Å². The van der Waals surface area contributed by atoms with Crippen LogP contribution in [0.5, 0.6) is 0 Å². The Morgan fingerprint density at radius 1 is 1.00 bits per heavy atom. The Labute approximate surface area is 158 Å². The fourth-order valence-electron chi connectivity index (χ4n) is 3.91. The summed E-state index contributed by atoms with van der Waals surface area (Å²) in [6.45, 7) is 2.98. The molecule has 5 heteroatoms. The Morgan fingerprint density at radius 2 is 1.69 bits per heavy atom. The molecule has 0 aliphatic carbocycles. The van der Waals surface area contributed by atoms with Crippen LogP contribution < -0.4 is 0 Å². The molecule has 2 aliphatic rings. The number of benzene rings is 2. The highest BCUT2D eigenvalue weighted by molar-refractivity contribution is 8.00. The first-order valence-corrected chi connectivity index (χ1v) is 10.2. The lowest BCUT2D eigenvalue weighted by Crippen LogP contribution is -2.46. The fourth-order valence-corrected chi connectivity index (χ4v) is 5.16. The Morgan fingerprint density at radius 3 is 2.38 bits per heavy atom. The smallest absolute Gasteiger partial charge is 0.234 e. The van der Waals surface area contributed by atoms with Crippen molar-refractivity contribution in [3.05, 3.63) is 71.5 Å². The maximum Gasteiger partial charge on any atom is 0.234 e. The second-order valence-corrected chi connectivity index (χ2v) is 8.08. The minimum Gasteiger partial charge on any atom is -0.323 e. The molecule has 26 heavy (non-hydrogen) atoms. The standard InChI is InChI=1S/C21H23FN2OS/c22-18-8-6-17(7-9-18)21-24(20(25)15-26-21)19-10-12-23(13-11-19)14-16-4-2-1-3-5-16/h1-9,19,21H,10-15H2. The number of rotatable bonds is 4. The molecule has 2 saturated heterocycles. The van der Waals surface area contributed by atoms with Gasteiger partial charge in [0, 0.05) is 25.7 Å². The van der Waals surface area contributed by atoms with E-state index in [4.69, 9.17) is 0 Å². The number of nitrogens with zero attached hydrogens (tertiary/aromatic N) is 2. The van der Waals surface area contributed by atoms with Gasteiger partial charge in [0.2, 0.25) is 5.91 Å². The van der Waals surface area contributed by atoms with Gasteiger partial charge < -0.3 is 4.90 Å². The van der Waals surface area contributed by atoms with Gasteiger partial charge >= 0.3 is 0 Å². The lowest BCUT2D eigenvalue weighted by Gasteiger charge is -2.39. The number of piperidine rings is 1. The summed E-state index contributed by atoms with van der Waals surface area (Å²) in [5, 5.41) is 0.0220.